The lowest BCUT2D eigenvalue weighted by Gasteiger charge is -2.61. The monoisotopic (exact) mass is 667 g/mol. The molecule has 0 spiro atoms. The molecular formula is C33H37N3O10S. The minimum absolute atomic E-state index is 0.000855. The first-order chi connectivity index (χ1) is 22.6. The summed E-state index contributed by atoms with van der Waals surface area (Å²) in [5, 5.41) is 21.3. The van der Waals surface area contributed by atoms with Crippen molar-refractivity contribution < 1.29 is 47.9 Å². The Morgan fingerprint density at radius 1 is 1.13 bits per heavy atom. The molecule has 0 saturated carbocycles. The van der Waals surface area contributed by atoms with Gasteiger partial charge in [0.15, 0.2) is 35.9 Å². The molecule has 2 saturated heterocycles. The summed E-state index contributed by atoms with van der Waals surface area (Å²) in [5.74, 6) is 1.15. The van der Waals surface area contributed by atoms with Crippen LogP contribution in [0.25, 0.3) is 0 Å². The van der Waals surface area contributed by atoms with E-state index in [1.807, 2.05) is 20.9 Å². The van der Waals surface area contributed by atoms with Gasteiger partial charge in [0, 0.05) is 54.1 Å². The molecular weight excluding hydrogens is 630 g/mol. The van der Waals surface area contributed by atoms with Gasteiger partial charge in [-0.3, -0.25) is 14.6 Å². The topological polar surface area (TPSA) is 149 Å². The summed E-state index contributed by atoms with van der Waals surface area (Å²) in [4.78, 5) is 29.9. The van der Waals surface area contributed by atoms with Crippen molar-refractivity contribution in [1.29, 1.82) is 5.26 Å². The summed E-state index contributed by atoms with van der Waals surface area (Å²) in [6.07, 6.45) is -0.829. The number of hydrogen-bond donors (Lipinski definition) is 1. The van der Waals surface area contributed by atoms with E-state index in [-0.39, 0.29) is 38.0 Å². The van der Waals surface area contributed by atoms with Gasteiger partial charge in [-0.2, -0.15) is 5.26 Å². The smallest absolute Gasteiger partial charge is 0.335 e. The molecule has 0 aliphatic carbocycles. The average Bonchev–Trinajstić information content (AvgIpc) is 3.53. The maximum atomic E-state index is 12.9. The number of aliphatic hydroxyl groups excluding tert-OH is 1. The van der Waals surface area contributed by atoms with Gasteiger partial charge >= 0.3 is 11.9 Å². The van der Waals surface area contributed by atoms with Crippen LogP contribution in [0.1, 0.15) is 57.6 Å². The van der Waals surface area contributed by atoms with Gasteiger partial charge in [0.25, 0.3) is 0 Å². The van der Waals surface area contributed by atoms with Crippen LogP contribution in [0.2, 0.25) is 0 Å². The van der Waals surface area contributed by atoms with Gasteiger partial charge in [0.05, 0.1) is 30.5 Å². The number of carbonyl (C=O) groups is 2. The highest BCUT2D eigenvalue weighted by atomic mass is 32.2. The van der Waals surface area contributed by atoms with E-state index in [0.29, 0.717) is 51.9 Å². The molecule has 250 valence electrons. The summed E-state index contributed by atoms with van der Waals surface area (Å²) in [6.45, 7) is 4.90. The Balaban J connectivity index is 1.56. The molecule has 2 fully saturated rings. The van der Waals surface area contributed by atoms with E-state index in [1.165, 1.54) is 18.7 Å². The van der Waals surface area contributed by atoms with Crippen LogP contribution in [0.5, 0.6) is 28.7 Å². The standard InChI is InChI=1S/C33H37N3O10S/c1-14-7-17-8-18-19(9-34)36-20-10-42-33(39)21(38)11-47-32(24-23(20)31-29(44-13-45-31)15(2)28(24)46-16(3)37)26(36)25(35(18)4)22(17)30(27(14)41-6)43-12-40-5/h7,18-21,25-26,32,38H,8,10-13H2,1-6H3/t18-,19-,20-,21?,25-,26?,32+/m0/s1. The summed E-state index contributed by atoms with van der Waals surface area (Å²) in [5.41, 5.74) is 4.78. The van der Waals surface area contributed by atoms with Crippen LogP contribution in [0.3, 0.4) is 0 Å². The average molecular weight is 668 g/mol. The molecule has 14 heteroatoms. The molecule has 2 aromatic rings. The molecule has 1 N–H and O–H groups in total. The van der Waals surface area contributed by atoms with Crippen LogP contribution in [0, 0.1) is 25.2 Å². The maximum absolute atomic E-state index is 12.9. The van der Waals surface area contributed by atoms with Crippen LogP contribution in [-0.4, -0.2) is 98.3 Å². The fourth-order valence-electron chi connectivity index (χ4n) is 8.20. The molecule has 0 amide bonds. The zero-order chi connectivity index (χ0) is 33.3. The van der Waals surface area contributed by atoms with Crippen molar-refractivity contribution in [3.63, 3.8) is 0 Å². The molecule has 0 aromatic heterocycles. The number of methoxy groups -OCH3 is 2. The van der Waals surface area contributed by atoms with Gasteiger partial charge in [-0.1, -0.05) is 6.07 Å². The molecule has 7 atom stereocenters. The Morgan fingerprint density at radius 2 is 1.89 bits per heavy atom. The lowest BCUT2D eigenvalue weighted by atomic mass is 9.71. The lowest BCUT2D eigenvalue weighted by molar-refractivity contribution is -0.157. The molecule has 47 heavy (non-hydrogen) atoms. The molecule has 5 heterocycles. The number of aryl methyl sites for hydroxylation is 1. The molecule has 2 unspecified atom stereocenters. The highest BCUT2D eigenvalue weighted by Crippen LogP contribution is 2.64. The highest BCUT2D eigenvalue weighted by Gasteiger charge is 2.60. The first-order valence-electron chi connectivity index (χ1n) is 15.4. The van der Waals surface area contributed by atoms with E-state index >= 15 is 0 Å². The molecule has 4 bridgehead atoms. The number of esters is 2. The largest absolute Gasteiger partial charge is 0.493 e. The fraction of sp³-hybridized carbons (Fsp3) is 0.545. The number of cyclic esters (lactones) is 1. The molecule has 5 aliphatic heterocycles. The molecule has 0 radical (unpaired) electrons. The Hall–Kier alpha value is -3.74. The fourth-order valence-corrected chi connectivity index (χ4v) is 9.61. The zero-order valence-electron chi connectivity index (χ0n) is 27.0. The number of piperazine rings is 1. The van der Waals surface area contributed by atoms with Crippen molar-refractivity contribution in [3.05, 3.63) is 39.4 Å². The third-order valence-corrected chi connectivity index (χ3v) is 11.3. The Bertz CT molecular complexity index is 1690. The third kappa shape index (κ3) is 4.74. The maximum Gasteiger partial charge on any atom is 0.335 e. The predicted octanol–water partition coefficient (Wildman–Crippen LogP) is 2.87. The Kier molecular flexibility index (Phi) is 8.16. The minimum atomic E-state index is -1.38. The quantitative estimate of drug-likeness (QED) is 0.283. The number of hydrogen-bond acceptors (Lipinski definition) is 14. The number of nitrogens with zero attached hydrogens (tertiary/aromatic N) is 3. The second kappa shape index (κ2) is 12.1. The molecule has 5 aliphatic rings. The summed E-state index contributed by atoms with van der Waals surface area (Å²) >= 11 is 1.35. The van der Waals surface area contributed by atoms with Crippen LogP contribution in [0.4, 0.5) is 0 Å². The van der Waals surface area contributed by atoms with Crippen LogP contribution < -0.4 is 23.7 Å². The van der Waals surface area contributed by atoms with Gasteiger partial charge in [-0.05, 0) is 38.4 Å². The van der Waals surface area contributed by atoms with Gasteiger partial charge in [0.2, 0.25) is 6.79 Å². The van der Waals surface area contributed by atoms with Crippen molar-refractivity contribution in [2.75, 3.05) is 47.2 Å². The number of nitriles is 1. The summed E-state index contributed by atoms with van der Waals surface area (Å²) in [7, 11) is 5.17. The minimum Gasteiger partial charge on any atom is -0.493 e. The van der Waals surface area contributed by atoms with E-state index in [1.54, 1.807) is 14.2 Å². The molecule has 7 rings (SSSR count). The summed E-state index contributed by atoms with van der Waals surface area (Å²) < 4.78 is 41.3. The molecule has 2 aromatic carbocycles. The second-order valence-electron chi connectivity index (χ2n) is 12.4. The van der Waals surface area contributed by atoms with Crippen molar-refractivity contribution in [3.8, 4) is 34.8 Å². The number of thioether (sulfide) groups is 1. The Labute approximate surface area is 276 Å². The normalized spacial score (nSPS) is 29.1. The van der Waals surface area contributed by atoms with Crippen LogP contribution in [-0.2, 0) is 25.5 Å². The third-order valence-electron chi connectivity index (χ3n) is 9.94. The number of benzene rings is 2. The Morgan fingerprint density at radius 3 is 2.60 bits per heavy atom. The van der Waals surface area contributed by atoms with Crippen LogP contribution in [0.15, 0.2) is 6.07 Å². The summed E-state index contributed by atoms with van der Waals surface area (Å²) in [6, 6.07) is 2.30. The number of ether oxygens (including phenoxy) is 7. The SMILES string of the molecule is COCOc1c(OC)c(C)cc2c1[C@H]1C3[C@@H]4SCC(O)C(=O)OC[C@@H](c5c6c(c(C)c(OC(C)=O)c54)OCO6)N3[C@@H](C#N)[C@H](C2)N1C. The van der Waals surface area contributed by atoms with Crippen molar-refractivity contribution in [2.45, 2.75) is 68.8 Å². The van der Waals surface area contributed by atoms with Crippen LogP contribution >= 0.6 is 11.8 Å². The van der Waals surface area contributed by atoms with E-state index in [0.717, 1.165) is 16.7 Å². The van der Waals surface area contributed by atoms with Crippen molar-refractivity contribution >= 4 is 23.7 Å². The van der Waals surface area contributed by atoms with Crippen molar-refractivity contribution in [2.24, 2.45) is 0 Å². The van der Waals surface area contributed by atoms with Gasteiger partial charge in [0.1, 0.15) is 18.4 Å². The first-order valence-corrected chi connectivity index (χ1v) is 16.5. The van der Waals surface area contributed by atoms with E-state index in [4.69, 9.17) is 33.2 Å². The predicted molar refractivity (Wildman–Crippen MR) is 167 cm³/mol. The number of rotatable bonds is 5. The highest BCUT2D eigenvalue weighted by molar-refractivity contribution is 7.99. The van der Waals surface area contributed by atoms with Gasteiger partial charge in [-0.25, -0.2) is 4.79 Å². The molecule has 13 nitrogen and oxygen atoms in total. The number of likely N-dealkylation sites (N-methyl/N-ethyl adjacent to an activating group) is 1. The second-order valence-corrected chi connectivity index (χ2v) is 13.6. The first kappa shape index (κ1) is 31.8. The van der Waals surface area contributed by atoms with Crippen molar-refractivity contribution in [1.82, 2.24) is 9.80 Å². The van der Waals surface area contributed by atoms with E-state index in [2.05, 4.69) is 21.9 Å². The van der Waals surface area contributed by atoms with E-state index < -0.39 is 41.4 Å². The van der Waals surface area contributed by atoms with Gasteiger partial charge < -0.3 is 38.3 Å². The zero-order valence-corrected chi connectivity index (χ0v) is 27.8. The van der Waals surface area contributed by atoms with Gasteiger partial charge in [-0.15, -0.1) is 11.8 Å². The van der Waals surface area contributed by atoms with E-state index in [9.17, 15) is 20.0 Å². The number of aliphatic hydroxyl groups is 1. The lowest BCUT2D eigenvalue weighted by Crippen LogP contribution is -2.69. The number of carbonyl (C=O) groups excluding carboxylic acids is 2. The number of fused-ring (bicyclic) bond motifs is 9.